The average Bonchev–Trinajstić information content (AvgIpc) is 3.44. The van der Waals surface area contributed by atoms with Crippen molar-refractivity contribution in [3.63, 3.8) is 0 Å². The lowest BCUT2D eigenvalue weighted by atomic mass is 9.82. The summed E-state index contributed by atoms with van der Waals surface area (Å²) in [7, 11) is 0. The third kappa shape index (κ3) is 17.6. The van der Waals surface area contributed by atoms with E-state index in [1.807, 2.05) is 0 Å². The minimum atomic E-state index is 1.00. The molecule has 0 heterocycles. The summed E-state index contributed by atoms with van der Waals surface area (Å²) in [5.74, 6) is 10.1. The standard InChI is InChI=1S/3C8H16.2C7H14/c1-7-3-5-8(2)6-4-7;1-7-4-3-5-8(2)6-7;1-7-5-3-4-6-8(7)2;1-6-3-4-7(2)5-6;1-6-4-3-5-7(6)2/h3*7-8H,3-6H2,1-2H3;2*6-7H,3-5H2,1-2H3. The first-order chi connectivity index (χ1) is 18.0. The lowest BCUT2D eigenvalue weighted by molar-refractivity contribution is 0.277. The predicted octanol–water partition coefficient (Wildman–Crippen LogP) is 13.4. The van der Waals surface area contributed by atoms with Gasteiger partial charge in [-0.15, -0.1) is 0 Å². The van der Waals surface area contributed by atoms with Gasteiger partial charge < -0.3 is 0 Å². The van der Waals surface area contributed by atoms with E-state index in [0.717, 1.165) is 59.2 Å². The Labute approximate surface area is 243 Å². The Balaban J connectivity index is 0.000000238. The van der Waals surface area contributed by atoms with Crippen LogP contribution in [0.25, 0.3) is 0 Å². The molecule has 0 bridgehead atoms. The van der Waals surface area contributed by atoms with Crippen molar-refractivity contribution in [2.75, 3.05) is 0 Å². The molecule has 0 heteroatoms. The lowest BCUT2D eigenvalue weighted by Crippen LogP contribution is -2.12. The molecule has 0 aromatic carbocycles. The van der Waals surface area contributed by atoms with Gasteiger partial charge in [-0.2, -0.15) is 0 Å². The molecule has 0 aliphatic heterocycles. The van der Waals surface area contributed by atoms with Crippen LogP contribution in [0.15, 0.2) is 0 Å². The zero-order valence-corrected chi connectivity index (χ0v) is 28.5. The Morgan fingerprint density at radius 1 is 0.237 bits per heavy atom. The van der Waals surface area contributed by atoms with Gasteiger partial charge in [0.2, 0.25) is 0 Å². The maximum atomic E-state index is 2.38. The molecule has 0 amide bonds. The van der Waals surface area contributed by atoms with Crippen LogP contribution in [0.4, 0.5) is 0 Å². The number of hydrogen-bond acceptors (Lipinski definition) is 0. The highest BCUT2D eigenvalue weighted by Gasteiger charge is 2.18. The second kappa shape index (κ2) is 20.8. The van der Waals surface area contributed by atoms with Gasteiger partial charge in [0.05, 0.1) is 0 Å². The SMILES string of the molecule is CC1CCC(C)C1.CC1CCC(C)CC1.CC1CCCC(C)C1.CC1CCCC1C.CC1CCCCC1C. The van der Waals surface area contributed by atoms with Crippen molar-refractivity contribution in [3.8, 4) is 0 Å². The fourth-order valence-electron chi connectivity index (χ4n) is 7.49. The molecule has 0 aromatic rings. The Morgan fingerprint density at radius 3 is 0.684 bits per heavy atom. The number of hydrogen-bond donors (Lipinski definition) is 0. The molecule has 0 N–H and O–H groups in total. The van der Waals surface area contributed by atoms with Crippen molar-refractivity contribution in [1.82, 2.24) is 0 Å². The largest absolute Gasteiger partial charge is 0.0625 e. The van der Waals surface area contributed by atoms with E-state index < -0.39 is 0 Å². The molecule has 5 aliphatic carbocycles. The molecule has 0 nitrogen and oxygen atoms in total. The molecule has 5 fully saturated rings. The van der Waals surface area contributed by atoms with Gasteiger partial charge >= 0.3 is 0 Å². The molecule has 228 valence electrons. The van der Waals surface area contributed by atoms with Gasteiger partial charge in [-0.25, -0.2) is 0 Å². The molecular formula is C38H76. The summed E-state index contributed by atoms with van der Waals surface area (Å²) >= 11 is 0. The summed E-state index contributed by atoms with van der Waals surface area (Å²) in [6.45, 7) is 23.7. The smallest absolute Gasteiger partial charge is 0.0417 e. The summed E-state index contributed by atoms with van der Waals surface area (Å²) in [5, 5.41) is 0. The Bertz CT molecular complexity index is 484. The third-order valence-corrected chi connectivity index (χ3v) is 11.3. The molecular weight excluding hydrogens is 456 g/mol. The lowest BCUT2D eigenvalue weighted by Gasteiger charge is -2.24. The van der Waals surface area contributed by atoms with Crippen LogP contribution in [0.3, 0.4) is 0 Å². The number of rotatable bonds is 0. The van der Waals surface area contributed by atoms with Crippen molar-refractivity contribution in [3.05, 3.63) is 0 Å². The van der Waals surface area contributed by atoms with Gasteiger partial charge in [0.15, 0.2) is 0 Å². The maximum Gasteiger partial charge on any atom is -0.0417 e. The molecule has 0 saturated heterocycles. The normalized spacial score (nSPS) is 40.6. The summed E-state index contributed by atoms with van der Waals surface area (Å²) in [5.41, 5.74) is 0. The van der Waals surface area contributed by atoms with Gasteiger partial charge in [-0.1, -0.05) is 172 Å². The summed E-state index contributed by atoms with van der Waals surface area (Å²) < 4.78 is 0. The van der Waals surface area contributed by atoms with Crippen LogP contribution in [0.2, 0.25) is 0 Å². The minimum Gasteiger partial charge on any atom is -0.0625 e. The highest BCUT2D eigenvalue weighted by atomic mass is 14.2. The van der Waals surface area contributed by atoms with Crippen molar-refractivity contribution < 1.29 is 0 Å². The van der Waals surface area contributed by atoms with Crippen LogP contribution < -0.4 is 0 Å². The first kappa shape index (κ1) is 36.0. The molecule has 5 rings (SSSR count). The highest BCUT2D eigenvalue weighted by Crippen LogP contribution is 2.31. The van der Waals surface area contributed by atoms with Crippen LogP contribution in [0.5, 0.6) is 0 Å². The highest BCUT2D eigenvalue weighted by molar-refractivity contribution is 4.70. The van der Waals surface area contributed by atoms with E-state index in [9.17, 15) is 0 Å². The van der Waals surface area contributed by atoms with E-state index in [-0.39, 0.29) is 0 Å². The van der Waals surface area contributed by atoms with Gasteiger partial charge in [0.1, 0.15) is 0 Å². The van der Waals surface area contributed by atoms with E-state index >= 15 is 0 Å². The van der Waals surface area contributed by atoms with Crippen LogP contribution >= 0.6 is 0 Å². The van der Waals surface area contributed by atoms with E-state index in [1.54, 1.807) is 0 Å². The summed E-state index contributed by atoms with van der Waals surface area (Å²) in [6.07, 6.45) is 26.5. The molecule has 8 atom stereocenters. The quantitative estimate of drug-likeness (QED) is 0.291. The van der Waals surface area contributed by atoms with E-state index in [1.165, 1.54) is 116 Å². The Hall–Kier alpha value is 0. The van der Waals surface area contributed by atoms with Crippen LogP contribution in [0.1, 0.15) is 185 Å². The first-order valence-corrected chi connectivity index (χ1v) is 18.0. The van der Waals surface area contributed by atoms with E-state index in [0.29, 0.717) is 0 Å². The monoisotopic (exact) mass is 533 g/mol. The Morgan fingerprint density at radius 2 is 0.474 bits per heavy atom. The molecule has 8 unspecified atom stereocenters. The van der Waals surface area contributed by atoms with Crippen LogP contribution in [-0.2, 0) is 0 Å². The fraction of sp³-hybridized carbons (Fsp3) is 1.00. The third-order valence-electron chi connectivity index (χ3n) is 11.3. The molecule has 5 aliphatic rings. The summed E-state index contributed by atoms with van der Waals surface area (Å²) in [6, 6.07) is 0. The second-order valence-corrected chi connectivity index (χ2v) is 15.9. The van der Waals surface area contributed by atoms with Crippen molar-refractivity contribution in [2.24, 2.45) is 59.2 Å². The molecule has 38 heavy (non-hydrogen) atoms. The average molecular weight is 533 g/mol. The first-order valence-electron chi connectivity index (χ1n) is 18.0. The van der Waals surface area contributed by atoms with Gasteiger partial charge in [0, 0.05) is 0 Å². The molecule has 0 spiro atoms. The van der Waals surface area contributed by atoms with E-state index in [4.69, 9.17) is 0 Å². The Kier molecular flexibility index (Phi) is 19.7. The van der Waals surface area contributed by atoms with Gasteiger partial charge in [-0.3, -0.25) is 0 Å². The van der Waals surface area contributed by atoms with Crippen molar-refractivity contribution in [1.29, 1.82) is 0 Å². The maximum absolute atomic E-state index is 2.38. The van der Waals surface area contributed by atoms with Gasteiger partial charge in [0.25, 0.3) is 0 Å². The predicted molar refractivity (Wildman–Crippen MR) is 175 cm³/mol. The fourth-order valence-corrected chi connectivity index (χ4v) is 7.49. The van der Waals surface area contributed by atoms with Crippen molar-refractivity contribution in [2.45, 2.75) is 185 Å². The van der Waals surface area contributed by atoms with E-state index in [2.05, 4.69) is 69.2 Å². The van der Waals surface area contributed by atoms with Crippen LogP contribution in [0, 0.1) is 59.2 Å². The molecule has 0 aromatic heterocycles. The van der Waals surface area contributed by atoms with Gasteiger partial charge in [-0.05, 0) is 72.0 Å². The topological polar surface area (TPSA) is 0 Å². The minimum absolute atomic E-state index is 1.00. The second-order valence-electron chi connectivity index (χ2n) is 15.9. The molecule has 0 radical (unpaired) electrons. The van der Waals surface area contributed by atoms with Crippen molar-refractivity contribution >= 4 is 0 Å². The molecule has 5 saturated carbocycles. The zero-order valence-electron chi connectivity index (χ0n) is 28.5. The van der Waals surface area contributed by atoms with Crippen LogP contribution in [-0.4, -0.2) is 0 Å². The zero-order chi connectivity index (χ0) is 28.5. The summed E-state index contributed by atoms with van der Waals surface area (Å²) in [4.78, 5) is 0.